The second kappa shape index (κ2) is 15.2. The Kier molecular flexibility index (Phi) is 12.4. The highest BCUT2D eigenvalue weighted by Gasteiger charge is 2.04. The smallest absolute Gasteiger partial charge is 0.251 e. The first-order valence-electron chi connectivity index (χ1n) is 11.4. The molecule has 3 nitrogen and oxygen atoms in total. The molecule has 2 rings (SSSR count). The van der Waals surface area contributed by atoms with Gasteiger partial charge in [0, 0.05) is 30.1 Å². The number of nitrogens with one attached hydrogen (secondary N) is 2. The maximum atomic E-state index is 12.3. The van der Waals surface area contributed by atoms with Gasteiger partial charge in [-0.3, -0.25) is 4.79 Å². The summed E-state index contributed by atoms with van der Waals surface area (Å²) in [6.07, 6.45) is 13.2. The second-order valence-corrected chi connectivity index (χ2v) is 8.85. The third-order valence-electron chi connectivity index (χ3n) is 5.24. The molecule has 1 heterocycles. The van der Waals surface area contributed by atoms with E-state index in [-0.39, 0.29) is 5.91 Å². The van der Waals surface area contributed by atoms with Crippen molar-refractivity contribution in [1.29, 1.82) is 0 Å². The molecule has 0 atom stereocenters. The summed E-state index contributed by atoms with van der Waals surface area (Å²) in [6, 6.07) is 12.1. The summed E-state index contributed by atoms with van der Waals surface area (Å²) < 4.78 is 0. The van der Waals surface area contributed by atoms with Gasteiger partial charge in [0.05, 0.1) is 0 Å². The van der Waals surface area contributed by atoms with E-state index in [0.29, 0.717) is 0 Å². The Morgan fingerprint density at radius 3 is 2.10 bits per heavy atom. The Morgan fingerprint density at radius 2 is 1.48 bits per heavy atom. The van der Waals surface area contributed by atoms with E-state index in [2.05, 4.69) is 35.1 Å². The van der Waals surface area contributed by atoms with Crippen LogP contribution in [-0.4, -0.2) is 12.5 Å². The Labute approximate surface area is 181 Å². The third kappa shape index (κ3) is 10.6. The van der Waals surface area contributed by atoms with Crippen LogP contribution in [0.5, 0.6) is 0 Å². The first-order valence-corrected chi connectivity index (χ1v) is 12.3. The molecular formula is C25H38N2OS. The van der Waals surface area contributed by atoms with Crippen molar-refractivity contribution < 1.29 is 4.79 Å². The molecule has 1 aromatic heterocycles. The van der Waals surface area contributed by atoms with E-state index in [1.807, 2.05) is 24.3 Å². The summed E-state index contributed by atoms with van der Waals surface area (Å²) in [5.74, 6) is 0.0408. The number of rotatable bonds is 16. The molecule has 0 aliphatic carbocycles. The molecule has 0 fully saturated rings. The summed E-state index contributed by atoms with van der Waals surface area (Å²) in [6.45, 7) is 4.75. The summed E-state index contributed by atoms with van der Waals surface area (Å²) in [4.78, 5) is 13.6. The van der Waals surface area contributed by atoms with Crippen molar-refractivity contribution in [1.82, 2.24) is 10.6 Å². The van der Waals surface area contributed by atoms with E-state index in [0.717, 1.165) is 31.6 Å². The van der Waals surface area contributed by atoms with E-state index < -0.39 is 0 Å². The predicted octanol–water partition coefficient (Wildman–Crippen LogP) is 6.69. The minimum atomic E-state index is 0.0408. The average molecular weight is 415 g/mol. The normalized spacial score (nSPS) is 10.9. The highest BCUT2D eigenvalue weighted by molar-refractivity contribution is 7.09. The van der Waals surface area contributed by atoms with E-state index in [1.165, 1.54) is 68.2 Å². The van der Waals surface area contributed by atoms with Crippen molar-refractivity contribution in [2.24, 2.45) is 0 Å². The summed E-state index contributed by atoms with van der Waals surface area (Å²) in [5.41, 5.74) is 1.95. The molecule has 0 aliphatic rings. The highest BCUT2D eigenvalue weighted by Crippen LogP contribution is 2.11. The SMILES string of the molecule is CCCCCCCCCCCCNC(=O)c1ccc(CNCc2cccs2)cc1. The second-order valence-electron chi connectivity index (χ2n) is 7.82. The van der Waals surface area contributed by atoms with Crippen LogP contribution in [0.1, 0.15) is 91.9 Å². The molecule has 0 spiro atoms. The summed E-state index contributed by atoms with van der Waals surface area (Å²) in [7, 11) is 0. The van der Waals surface area contributed by atoms with Crippen LogP contribution in [0.4, 0.5) is 0 Å². The fourth-order valence-electron chi connectivity index (χ4n) is 3.43. The lowest BCUT2D eigenvalue weighted by atomic mass is 10.1. The van der Waals surface area contributed by atoms with Gasteiger partial charge in [0.1, 0.15) is 0 Å². The van der Waals surface area contributed by atoms with Gasteiger partial charge in [-0.15, -0.1) is 11.3 Å². The third-order valence-corrected chi connectivity index (χ3v) is 6.12. The van der Waals surface area contributed by atoms with Crippen LogP contribution in [0, 0.1) is 0 Å². The van der Waals surface area contributed by atoms with Crippen LogP contribution in [-0.2, 0) is 13.1 Å². The van der Waals surface area contributed by atoms with Gasteiger partial charge in [-0.25, -0.2) is 0 Å². The number of amides is 1. The van der Waals surface area contributed by atoms with Crippen molar-refractivity contribution in [2.75, 3.05) is 6.54 Å². The van der Waals surface area contributed by atoms with Crippen LogP contribution >= 0.6 is 11.3 Å². The number of unbranched alkanes of at least 4 members (excludes halogenated alkanes) is 9. The van der Waals surface area contributed by atoms with Gasteiger partial charge in [-0.05, 0) is 35.6 Å². The fraction of sp³-hybridized carbons (Fsp3) is 0.560. The van der Waals surface area contributed by atoms with Crippen molar-refractivity contribution in [3.05, 3.63) is 57.8 Å². The largest absolute Gasteiger partial charge is 0.352 e. The zero-order valence-corrected chi connectivity index (χ0v) is 18.9. The Balaban J connectivity index is 1.49. The van der Waals surface area contributed by atoms with Crippen LogP contribution in [0.15, 0.2) is 41.8 Å². The lowest BCUT2D eigenvalue weighted by molar-refractivity contribution is 0.0953. The molecule has 0 radical (unpaired) electrons. The van der Waals surface area contributed by atoms with Crippen molar-refractivity contribution >= 4 is 17.2 Å². The fourth-order valence-corrected chi connectivity index (χ4v) is 4.11. The van der Waals surface area contributed by atoms with Crippen molar-refractivity contribution in [3.63, 3.8) is 0 Å². The first-order chi connectivity index (χ1) is 14.3. The average Bonchev–Trinajstić information content (AvgIpc) is 3.26. The molecule has 0 saturated heterocycles. The molecule has 160 valence electrons. The van der Waals surface area contributed by atoms with E-state index >= 15 is 0 Å². The number of thiophene rings is 1. The number of carbonyl (C=O) groups is 1. The summed E-state index contributed by atoms with van der Waals surface area (Å²) >= 11 is 1.77. The van der Waals surface area contributed by atoms with Crippen LogP contribution in [0.3, 0.4) is 0 Å². The minimum Gasteiger partial charge on any atom is -0.352 e. The van der Waals surface area contributed by atoms with Gasteiger partial charge in [-0.1, -0.05) is 82.9 Å². The van der Waals surface area contributed by atoms with Crippen molar-refractivity contribution in [3.8, 4) is 0 Å². The van der Waals surface area contributed by atoms with Crippen LogP contribution in [0.2, 0.25) is 0 Å². The molecule has 1 amide bonds. The zero-order chi connectivity index (χ0) is 20.6. The minimum absolute atomic E-state index is 0.0408. The molecule has 0 bridgehead atoms. The number of benzene rings is 1. The molecule has 29 heavy (non-hydrogen) atoms. The standard InChI is InChI=1S/C25H38N2OS/c1-2-3-4-5-6-7-8-9-10-11-18-27-25(28)23-16-14-22(15-17-23)20-26-21-24-13-12-19-29-24/h12-17,19,26H,2-11,18,20-21H2,1H3,(H,27,28). The molecule has 2 aromatic rings. The van der Waals surface area contributed by atoms with Gasteiger partial charge >= 0.3 is 0 Å². The van der Waals surface area contributed by atoms with Gasteiger partial charge in [0.2, 0.25) is 0 Å². The zero-order valence-electron chi connectivity index (χ0n) is 18.1. The van der Waals surface area contributed by atoms with Crippen LogP contribution < -0.4 is 10.6 Å². The molecule has 0 aliphatic heterocycles. The topological polar surface area (TPSA) is 41.1 Å². The van der Waals surface area contributed by atoms with E-state index in [9.17, 15) is 4.79 Å². The van der Waals surface area contributed by atoms with Crippen molar-refractivity contribution in [2.45, 2.75) is 84.2 Å². The predicted molar refractivity (Wildman–Crippen MR) is 125 cm³/mol. The molecule has 0 unspecified atom stereocenters. The van der Waals surface area contributed by atoms with E-state index in [1.54, 1.807) is 11.3 Å². The maximum absolute atomic E-state index is 12.3. The van der Waals surface area contributed by atoms with Crippen LogP contribution in [0.25, 0.3) is 0 Å². The highest BCUT2D eigenvalue weighted by atomic mass is 32.1. The summed E-state index contributed by atoms with van der Waals surface area (Å²) in [5, 5.41) is 8.59. The van der Waals surface area contributed by atoms with Gasteiger partial charge in [0.25, 0.3) is 5.91 Å². The first kappa shape index (κ1) is 23.6. The number of hydrogen-bond donors (Lipinski definition) is 2. The molecular weight excluding hydrogens is 376 g/mol. The van der Waals surface area contributed by atoms with Gasteiger partial charge < -0.3 is 10.6 Å². The quantitative estimate of drug-likeness (QED) is 0.300. The van der Waals surface area contributed by atoms with Gasteiger partial charge in [-0.2, -0.15) is 0 Å². The molecule has 0 saturated carbocycles. The Bertz CT molecular complexity index is 652. The maximum Gasteiger partial charge on any atom is 0.251 e. The lowest BCUT2D eigenvalue weighted by Gasteiger charge is -2.07. The van der Waals surface area contributed by atoms with Gasteiger partial charge in [0.15, 0.2) is 0 Å². The monoisotopic (exact) mass is 414 g/mol. The molecule has 4 heteroatoms. The number of hydrogen-bond acceptors (Lipinski definition) is 3. The molecule has 2 N–H and O–H groups in total. The lowest BCUT2D eigenvalue weighted by Crippen LogP contribution is -2.24. The number of carbonyl (C=O) groups excluding carboxylic acids is 1. The molecule has 1 aromatic carbocycles. The Hall–Kier alpha value is -1.65. The Morgan fingerprint density at radius 1 is 0.828 bits per heavy atom. The van der Waals surface area contributed by atoms with E-state index in [4.69, 9.17) is 0 Å².